The molecule has 0 aromatic carbocycles. The van der Waals surface area contributed by atoms with Crippen LogP contribution in [0.2, 0.25) is 0 Å². The molecular formula is C8H12N2O. The van der Waals surface area contributed by atoms with E-state index in [9.17, 15) is 5.11 Å². The van der Waals surface area contributed by atoms with Crippen LogP contribution in [0, 0.1) is 6.92 Å². The molecule has 3 nitrogen and oxygen atoms in total. The first-order valence-corrected chi connectivity index (χ1v) is 3.70. The van der Waals surface area contributed by atoms with E-state index in [0.717, 1.165) is 11.4 Å². The molecule has 0 radical (unpaired) electrons. The number of aromatic nitrogens is 2. The van der Waals surface area contributed by atoms with Crippen molar-refractivity contribution in [1.29, 1.82) is 0 Å². The molecule has 1 aromatic heterocycles. The van der Waals surface area contributed by atoms with E-state index >= 15 is 0 Å². The normalized spacial score (nSPS) is 13.0. The van der Waals surface area contributed by atoms with Gasteiger partial charge in [0.25, 0.3) is 0 Å². The van der Waals surface area contributed by atoms with Crippen molar-refractivity contribution in [2.24, 2.45) is 0 Å². The molecule has 0 aliphatic rings. The molecule has 0 saturated heterocycles. The molecule has 60 valence electrons. The van der Waals surface area contributed by atoms with Gasteiger partial charge in [0, 0.05) is 18.0 Å². The monoisotopic (exact) mass is 152 g/mol. The second kappa shape index (κ2) is 3.44. The third kappa shape index (κ3) is 1.98. The highest BCUT2D eigenvalue weighted by Crippen LogP contribution is 2.12. The number of nitrogens with zero attached hydrogens (tertiary/aromatic N) is 2. The first-order valence-electron chi connectivity index (χ1n) is 3.70. The summed E-state index contributed by atoms with van der Waals surface area (Å²) < 4.78 is 0. The summed E-state index contributed by atoms with van der Waals surface area (Å²) in [5.41, 5.74) is 0.790. The lowest BCUT2D eigenvalue weighted by Crippen LogP contribution is -1.98. The zero-order chi connectivity index (χ0) is 8.27. The lowest BCUT2D eigenvalue weighted by molar-refractivity contribution is 0.173. The van der Waals surface area contributed by atoms with Crippen molar-refractivity contribution >= 4 is 0 Å². The Hall–Kier alpha value is -0.960. The molecule has 1 atom stereocenters. The summed E-state index contributed by atoms with van der Waals surface area (Å²) in [6, 6.07) is 0. The lowest BCUT2D eigenvalue weighted by atomic mass is 10.1. The van der Waals surface area contributed by atoms with Gasteiger partial charge in [-0.15, -0.1) is 0 Å². The van der Waals surface area contributed by atoms with E-state index in [-0.39, 0.29) is 0 Å². The zero-order valence-electron chi connectivity index (χ0n) is 6.78. The number of aryl methyl sites for hydroxylation is 1. The van der Waals surface area contributed by atoms with Gasteiger partial charge in [0.1, 0.15) is 5.82 Å². The molecule has 1 N–H and O–H groups in total. The maximum absolute atomic E-state index is 9.34. The molecule has 0 spiro atoms. The van der Waals surface area contributed by atoms with Crippen molar-refractivity contribution < 1.29 is 5.11 Å². The van der Waals surface area contributed by atoms with E-state index in [1.807, 2.05) is 13.8 Å². The molecule has 1 aromatic rings. The van der Waals surface area contributed by atoms with E-state index < -0.39 is 6.10 Å². The number of rotatable bonds is 2. The highest BCUT2D eigenvalue weighted by atomic mass is 16.3. The first-order chi connectivity index (χ1) is 5.24. The van der Waals surface area contributed by atoms with Crippen molar-refractivity contribution in [3.8, 4) is 0 Å². The van der Waals surface area contributed by atoms with Crippen LogP contribution in [0.5, 0.6) is 0 Å². The summed E-state index contributed by atoms with van der Waals surface area (Å²) in [6.45, 7) is 3.74. The third-order valence-electron chi connectivity index (χ3n) is 1.57. The molecule has 1 heterocycles. The SMILES string of the molecule is CC[C@H](O)c1cnc(C)nc1. The van der Waals surface area contributed by atoms with Crippen molar-refractivity contribution in [2.45, 2.75) is 26.4 Å². The summed E-state index contributed by atoms with van der Waals surface area (Å²) in [4.78, 5) is 7.95. The highest BCUT2D eigenvalue weighted by molar-refractivity contribution is 5.07. The number of hydrogen-bond acceptors (Lipinski definition) is 3. The smallest absolute Gasteiger partial charge is 0.125 e. The first kappa shape index (κ1) is 8.14. The maximum Gasteiger partial charge on any atom is 0.125 e. The number of aliphatic hydroxyl groups excluding tert-OH is 1. The molecular weight excluding hydrogens is 140 g/mol. The highest BCUT2D eigenvalue weighted by Gasteiger charge is 2.03. The Morgan fingerprint density at radius 1 is 1.45 bits per heavy atom. The second-order valence-corrected chi connectivity index (χ2v) is 2.49. The molecule has 0 unspecified atom stereocenters. The van der Waals surface area contributed by atoms with Gasteiger partial charge in [-0.25, -0.2) is 9.97 Å². The van der Waals surface area contributed by atoms with Crippen LogP contribution in [-0.2, 0) is 0 Å². The van der Waals surface area contributed by atoms with Gasteiger partial charge < -0.3 is 5.11 Å². The molecule has 1 rings (SSSR count). The quantitative estimate of drug-likeness (QED) is 0.693. The van der Waals surface area contributed by atoms with E-state index in [1.54, 1.807) is 12.4 Å². The van der Waals surface area contributed by atoms with Crippen LogP contribution in [0.4, 0.5) is 0 Å². The standard InChI is InChI=1S/C8H12N2O/c1-3-8(11)7-4-9-6(2)10-5-7/h4-5,8,11H,3H2,1-2H3/t8-/m0/s1. The van der Waals surface area contributed by atoms with Gasteiger partial charge in [0.2, 0.25) is 0 Å². The van der Waals surface area contributed by atoms with Gasteiger partial charge in [-0.3, -0.25) is 0 Å². The van der Waals surface area contributed by atoms with Crippen LogP contribution in [0.1, 0.15) is 30.8 Å². The maximum atomic E-state index is 9.34. The van der Waals surface area contributed by atoms with Gasteiger partial charge in [-0.2, -0.15) is 0 Å². The van der Waals surface area contributed by atoms with Gasteiger partial charge >= 0.3 is 0 Å². The Bertz CT molecular complexity index is 220. The van der Waals surface area contributed by atoms with Crippen LogP contribution in [0.25, 0.3) is 0 Å². The van der Waals surface area contributed by atoms with Gasteiger partial charge in [-0.05, 0) is 13.3 Å². The fraction of sp³-hybridized carbons (Fsp3) is 0.500. The van der Waals surface area contributed by atoms with Crippen LogP contribution in [0.3, 0.4) is 0 Å². The zero-order valence-corrected chi connectivity index (χ0v) is 6.78. The fourth-order valence-electron chi connectivity index (χ4n) is 0.810. The minimum absolute atomic E-state index is 0.421. The summed E-state index contributed by atoms with van der Waals surface area (Å²) in [6.07, 6.45) is 3.61. The van der Waals surface area contributed by atoms with Crippen LogP contribution >= 0.6 is 0 Å². The molecule has 11 heavy (non-hydrogen) atoms. The topological polar surface area (TPSA) is 46.0 Å². The average Bonchev–Trinajstić information content (AvgIpc) is 2.05. The Kier molecular flexibility index (Phi) is 2.54. The lowest BCUT2D eigenvalue weighted by Gasteiger charge is -2.05. The molecule has 0 bridgehead atoms. The fourth-order valence-corrected chi connectivity index (χ4v) is 0.810. The van der Waals surface area contributed by atoms with Crippen LogP contribution < -0.4 is 0 Å². The van der Waals surface area contributed by atoms with Crippen molar-refractivity contribution in [2.75, 3.05) is 0 Å². The molecule has 0 fully saturated rings. The van der Waals surface area contributed by atoms with E-state index in [2.05, 4.69) is 9.97 Å². The van der Waals surface area contributed by atoms with Crippen molar-refractivity contribution in [1.82, 2.24) is 9.97 Å². The second-order valence-electron chi connectivity index (χ2n) is 2.49. The largest absolute Gasteiger partial charge is 0.388 e. The summed E-state index contributed by atoms with van der Waals surface area (Å²) in [5.74, 6) is 0.733. The van der Waals surface area contributed by atoms with Gasteiger partial charge in [0.05, 0.1) is 6.10 Å². The van der Waals surface area contributed by atoms with Crippen molar-refractivity contribution in [3.63, 3.8) is 0 Å². The van der Waals surface area contributed by atoms with Crippen LogP contribution in [-0.4, -0.2) is 15.1 Å². The van der Waals surface area contributed by atoms with Gasteiger partial charge in [-0.1, -0.05) is 6.92 Å². The molecule has 0 aliphatic carbocycles. The predicted molar refractivity (Wildman–Crippen MR) is 42.0 cm³/mol. The Balaban J connectivity index is 2.81. The summed E-state index contributed by atoms with van der Waals surface area (Å²) in [5, 5.41) is 9.34. The Morgan fingerprint density at radius 3 is 2.45 bits per heavy atom. The minimum Gasteiger partial charge on any atom is -0.388 e. The Labute approximate surface area is 66.1 Å². The van der Waals surface area contributed by atoms with E-state index in [0.29, 0.717) is 6.42 Å². The molecule has 0 aliphatic heterocycles. The average molecular weight is 152 g/mol. The van der Waals surface area contributed by atoms with Gasteiger partial charge in [0.15, 0.2) is 0 Å². The minimum atomic E-state index is -0.421. The molecule has 0 amide bonds. The summed E-state index contributed by atoms with van der Waals surface area (Å²) >= 11 is 0. The molecule has 3 heteroatoms. The van der Waals surface area contributed by atoms with E-state index in [4.69, 9.17) is 0 Å². The number of aliphatic hydroxyl groups is 1. The van der Waals surface area contributed by atoms with E-state index in [1.165, 1.54) is 0 Å². The third-order valence-corrected chi connectivity index (χ3v) is 1.57. The summed E-state index contributed by atoms with van der Waals surface area (Å²) in [7, 11) is 0. The molecule has 0 saturated carbocycles. The van der Waals surface area contributed by atoms with Crippen molar-refractivity contribution in [3.05, 3.63) is 23.8 Å². The number of hydrogen-bond donors (Lipinski definition) is 1. The van der Waals surface area contributed by atoms with Crippen LogP contribution in [0.15, 0.2) is 12.4 Å². The Morgan fingerprint density at radius 2 is 2.00 bits per heavy atom. The predicted octanol–water partition coefficient (Wildman–Crippen LogP) is 1.23.